The molecule has 2 atom stereocenters. The first-order chi connectivity index (χ1) is 13.0. The van der Waals surface area contributed by atoms with E-state index in [4.69, 9.17) is 19.2 Å². The molecular formula is C20H30FN2O4S-. The summed E-state index contributed by atoms with van der Waals surface area (Å²) in [6.07, 6.45) is 5.28. The van der Waals surface area contributed by atoms with E-state index in [1.54, 1.807) is 6.07 Å². The van der Waals surface area contributed by atoms with Crippen LogP contribution < -0.4 is 10.5 Å². The van der Waals surface area contributed by atoms with Gasteiger partial charge in [0.1, 0.15) is 17.7 Å². The number of nitrogens with two attached hydrogens (primary N) is 1. The van der Waals surface area contributed by atoms with Crippen LogP contribution in [0.15, 0.2) is 12.1 Å². The molecule has 1 aromatic rings. The summed E-state index contributed by atoms with van der Waals surface area (Å²) < 4.78 is 38.4. The zero-order valence-corrected chi connectivity index (χ0v) is 17.8. The molecule has 2 fully saturated rings. The zero-order chi connectivity index (χ0) is 21.1. The van der Waals surface area contributed by atoms with E-state index in [-0.39, 0.29) is 17.2 Å². The van der Waals surface area contributed by atoms with Crippen molar-refractivity contribution < 1.29 is 22.7 Å². The smallest absolute Gasteiger partial charge is 0.251 e. The van der Waals surface area contributed by atoms with Crippen molar-refractivity contribution in [2.24, 2.45) is 5.73 Å². The molecule has 0 bridgehead atoms. The summed E-state index contributed by atoms with van der Waals surface area (Å²) >= 11 is -1.86. The molecule has 1 unspecified atom stereocenters. The van der Waals surface area contributed by atoms with Crippen LogP contribution in [0.4, 0.5) is 4.39 Å². The molecule has 1 heterocycles. The van der Waals surface area contributed by atoms with E-state index >= 15 is 0 Å². The molecule has 158 valence electrons. The number of hydrogen-bond donors (Lipinski definition) is 1. The number of ether oxygens (including phenoxy) is 1. The average molecular weight is 414 g/mol. The van der Waals surface area contributed by atoms with Crippen LogP contribution in [0.2, 0.25) is 0 Å². The van der Waals surface area contributed by atoms with Crippen LogP contribution in [-0.2, 0) is 11.1 Å². The summed E-state index contributed by atoms with van der Waals surface area (Å²) in [5.41, 5.74) is 6.27. The lowest BCUT2D eigenvalue weighted by molar-refractivity contribution is 0.0341. The van der Waals surface area contributed by atoms with Crippen molar-refractivity contribution in [1.29, 1.82) is 0 Å². The third kappa shape index (κ3) is 6.53. The van der Waals surface area contributed by atoms with Crippen molar-refractivity contribution in [2.75, 3.05) is 19.3 Å². The monoisotopic (exact) mass is 413 g/mol. The second kappa shape index (κ2) is 9.33. The Hall–Kier alpha value is -1.51. The highest BCUT2D eigenvalue weighted by atomic mass is 32.2. The van der Waals surface area contributed by atoms with Gasteiger partial charge in [0.2, 0.25) is 0 Å². The standard InChI is InChI=1S/C19H27FN2O2.CH4O2S/c1-19(2,3)22-8-4-5-13(11-22)24-17-10-16(20)15(18(21)23)9-14(17)12-6-7-12;1-4(2)3/h9-10,12-13H,4-8,11H2,1-3H3,(H2,21,23);1H3,(H,2,3)/p-1/t13-;/m1./s1. The number of amides is 1. The first-order valence-corrected chi connectivity index (χ1v) is 11.0. The summed E-state index contributed by atoms with van der Waals surface area (Å²) in [5.74, 6) is -0.371. The molecule has 28 heavy (non-hydrogen) atoms. The van der Waals surface area contributed by atoms with Crippen molar-refractivity contribution in [1.82, 2.24) is 4.90 Å². The molecule has 8 heteroatoms. The van der Waals surface area contributed by atoms with Gasteiger partial charge in [-0.2, -0.15) is 0 Å². The Labute approximate surface area is 168 Å². The molecule has 1 aliphatic heterocycles. The summed E-state index contributed by atoms with van der Waals surface area (Å²) in [6, 6.07) is 2.94. The number of hydrogen-bond acceptors (Lipinski definition) is 5. The minimum absolute atomic E-state index is 0.0378. The van der Waals surface area contributed by atoms with Crippen LogP contribution >= 0.6 is 0 Å². The van der Waals surface area contributed by atoms with Crippen LogP contribution in [0, 0.1) is 5.82 Å². The lowest BCUT2D eigenvalue weighted by Crippen LogP contribution is -2.50. The highest BCUT2D eigenvalue weighted by molar-refractivity contribution is 7.78. The number of piperidine rings is 1. The second-order valence-electron chi connectivity index (χ2n) is 8.41. The summed E-state index contributed by atoms with van der Waals surface area (Å²) in [6.45, 7) is 8.51. The topological polar surface area (TPSA) is 95.7 Å². The van der Waals surface area contributed by atoms with E-state index < -0.39 is 22.8 Å². The van der Waals surface area contributed by atoms with E-state index in [0.717, 1.165) is 50.6 Å². The van der Waals surface area contributed by atoms with Crippen LogP contribution in [0.1, 0.15) is 68.3 Å². The van der Waals surface area contributed by atoms with Crippen molar-refractivity contribution in [3.8, 4) is 5.75 Å². The number of rotatable bonds is 4. The van der Waals surface area contributed by atoms with Gasteiger partial charge in [-0.1, -0.05) is 11.1 Å². The third-order valence-corrected chi connectivity index (χ3v) is 5.00. The molecule has 0 aromatic heterocycles. The van der Waals surface area contributed by atoms with Crippen LogP contribution in [-0.4, -0.2) is 50.6 Å². The van der Waals surface area contributed by atoms with Crippen molar-refractivity contribution in [3.63, 3.8) is 0 Å². The normalized spacial score (nSPS) is 21.4. The van der Waals surface area contributed by atoms with Gasteiger partial charge in [0.25, 0.3) is 5.91 Å². The maximum absolute atomic E-state index is 14.2. The number of likely N-dealkylation sites (tertiary alicyclic amines) is 1. The number of benzene rings is 1. The molecule has 2 N–H and O–H groups in total. The Balaban J connectivity index is 0.000000640. The van der Waals surface area contributed by atoms with Crippen molar-refractivity contribution in [2.45, 2.75) is 64.0 Å². The molecular weight excluding hydrogens is 383 g/mol. The maximum atomic E-state index is 14.2. The molecule has 2 aliphatic rings. The highest BCUT2D eigenvalue weighted by Gasteiger charge is 2.32. The van der Waals surface area contributed by atoms with Crippen LogP contribution in [0.3, 0.4) is 0 Å². The van der Waals surface area contributed by atoms with Gasteiger partial charge in [-0.15, -0.1) is 0 Å². The van der Waals surface area contributed by atoms with Gasteiger partial charge in [-0.3, -0.25) is 13.9 Å². The zero-order valence-electron chi connectivity index (χ0n) is 17.0. The molecule has 1 amide bonds. The molecule has 1 saturated heterocycles. The van der Waals surface area contributed by atoms with Gasteiger partial charge in [0.15, 0.2) is 0 Å². The summed E-state index contributed by atoms with van der Waals surface area (Å²) in [7, 11) is 0. The largest absolute Gasteiger partial charge is 0.773 e. The Morgan fingerprint density at radius 1 is 1.32 bits per heavy atom. The Bertz CT molecular complexity index is 728. The Morgan fingerprint density at radius 3 is 2.43 bits per heavy atom. The first kappa shape index (κ1) is 22.8. The molecule has 1 aromatic carbocycles. The number of carbonyl (C=O) groups is 1. The minimum atomic E-state index is -1.86. The summed E-state index contributed by atoms with van der Waals surface area (Å²) in [4.78, 5) is 13.8. The molecule has 3 rings (SSSR count). The first-order valence-electron chi connectivity index (χ1n) is 9.55. The Kier molecular flexibility index (Phi) is 7.59. The number of primary amides is 1. The van der Waals surface area contributed by atoms with Gasteiger partial charge in [-0.05, 0) is 76.8 Å². The van der Waals surface area contributed by atoms with Gasteiger partial charge < -0.3 is 15.0 Å². The SMILES string of the molecule is CC(C)(C)N1CCC[C@@H](Oc2cc(F)c(C(N)=O)cc2C2CC2)C1.CS(=O)[O-]. The van der Waals surface area contributed by atoms with Gasteiger partial charge in [0.05, 0.1) is 5.56 Å². The minimum Gasteiger partial charge on any atom is -0.773 e. The third-order valence-electron chi connectivity index (χ3n) is 5.00. The van der Waals surface area contributed by atoms with Crippen molar-refractivity contribution >= 4 is 17.0 Å². The average Bonchev–Trinajstić information content (AvgIpc) is 3.38. The fourth-order valence-corrected chi connectivity index (χ4v) is 3.40. The lowest BCUT2D eigenvalue weighted by Gasteiger charge is -2.41. The van der Waals surface area contributed by atoms with Crippen molar-refractivity contribution in [3.05, 3.63) is 29.1 Å². The van der Waals surface area contributed by atoms with Crippen LogP contribution in [0.25, 0.3) is 0 Å². The second-order valence-corrected chi connectivity index (χ2v) is 9.21. The number of carbonyl (C=O) groups excluding carboxylic acids is 1. The lowest BCUT2D eigenvalue weighted by atomic mass is 9.99. The summed E-state index contributed by atoms with van der Waals surface area (Å²) in [5, 5.41) is 0. The molecule has 1 saturated carbocycles. The molecule has 1 aliphatic carbocycles. The quantitative estimate of drug-likeness (QED) is 0.766. The van der Waals surface area contributed by atoms with Crippen LogP contribution in [0.5, 0.6) is 5.75 Å². The molecule has 0 spiro atoms. The molecule has 6 nitrogen and oxygen atoms in total. The predicted octanol–water partition coefficient (Wildman–Crippen LogP) is 2.94. The Morgan fingerprint density at radius 2 is 1.93 bits per heavy atom. The number of halogens is 1. The van der Waals surface area contributed by atoms with E-state index in [2.05, 4.69) is 25.7 Å². The van der Waals surface area contributed by atoms with E-state index in [0.29, 0.717) is 11.7 Å². The predicted molar refractivity (Wildman–Crippen MR) is 107 cm³/mol. The number of nitrogens with zero attached hydrogens (tertiary/aromatic N) is 1. The van der Waals surface area contributed by atoms with Gasteiger partial charge in [-0.25, -0.2) is 4.39 Å². The van der Waals surface area contributed by atoms with E-state index in [1.165, 1.54) is 6.07 Å². The molecule has 0 radical (unpaired) electrons. The van der Waals surface area contributed by atoms with E-state index in [9.17, 15) is 9.18 Å². The van der Waals surface area contributed by atoms with E-state index in [1.807, 2.05) is 0 Å². The highest BCUT2D eigenvalue weighted by Crippen LogP contribution is 2.45. The fraction of sp³-hybridized carbons (Fsp3) is 0.650. The van der Waals surface area contributed by atoms with Gasteiger partial charge >= 0.3 is 0 Å². The van der Waals surface area contributed by atoms with Gasteiger partial charge in [0, 0.05) is 18.2 Å². The fourth-order valence-electron chi connectivity index (χ4n) is 3.40. The maximum Gasteiger partial charge on any atom is 0.251 e.